The minimum atomic E-state index is 1.30. The zero-order valence-electron chi connectivity index (χ0n) is 11.7. The van der Waals surface area contributed by atoms with Gasteiger partial charge in [-0.1, -0.05) is 42.5 Å². The van der Waals surface area contributed by atoms with Crippen LogP contribution < -0.4 is 4.57 Å². The van der Waals surface area contributed by atoms with Gasteiger partial charge < -0.3 is 0 Å². The number of hydrogen-bond donors (Lipinski definition) is 0. The van der Waals surface area contributed by atoms with Crippen molar-refractivity contribution in [1.82, 2.24) is 0 Å². The van der Waals surface area contributed by atoms with E-state index >= 15 is 0 Å². The summed E-state index contributed by atoms with van der Waals surface area (Å²) in [6.07, 6.45) is 2.15. The lowest BCUT2D eigenvalue weighted by atomic mass is 9.96. The van der Waals surface area contributed by atoms with E-state index in [9.17, 15) is 0 Å². The minimum Gasteiger partial charge on any atom is -0.205 e. The molecule has 4 rings (SSSR count). The summed E-state index contributed by atoms with van der Waals surface area (Å²) in [6.45, 7) is 2.18. The lowest BCUT2D eigenvalue weighted by Gasteiger charge is -2.08. The van der Waals surface area contributed by atoms with Crippen molar-refractivity contribution in [2.45, 2.75) is 6.92 Å². The molecule has 0 atom stereocenters. The third kappa shape index (κ3) is 1.47. The highest BCUT2D eigenvalue weighted by Crippen LogP contribution is 2.32. The van der Waals surface area contributed by atoms with E-state index in [0.29, 0.717) is 0 Å². The van der Waals surface area contributed by atoms with Crippen molar-refractivity contribution in [3.8, 4) is 0 Å². The number of fused-ring (bicyclic) bond motifs is 5. The topological polar surface area (TPSA) is 3.88 Å². The van der Waals surface area contributed by atoms with Crippen LogP contribution in [-0.2, 0) is 7.05 Å². The third-order valence-electron chi connectivity index (χ3n) is 4.33. The fourth-order valence-corrected chi connectivity index (χ4v) is 3.10. The number of aromatic nitrogens is 1. The van der Waals surface area contributed by atoms with Crippen LogP contribution in [-0.4, -0.2) is 0 Å². The molecular formula is C19H16N+. The van der Waals surface area contributed by atoms with Gasteiger partial charge in [0.25, 0.3) is 0 Å². The van der Waals surface area contributed by atoms with Crippen LogP contribution in [0.5, 0.6) is 0 Å². The average Bonchev–Trinajstić information content (AvgIpc) is 2.50. The maximum Gasteiger partial charge on any atom is 0.185 e. The molecule has 0 radical (unpaired) electrons. The van der Waals surface area contributed by atoms with E-state index in [1.165, 1.54) is 38.0 Å². The smallest absolute Gasteiger partial charge is 0.185 e. The Bertz CT molecular complexity index is 967. The summed E-state index contributed by atoms with van der Waals surface area (Å²) in [5.74, 6) is 0. The predicted octanol–water partition coefficient (Wildman–Crippen LogP) is 4.28. The van der Waals surface area contributed by atoms with Crippen LogP contribution in [0, 0.1) is 6.92 Å². The molecule has 0 aliphatic rings. The molecule has 0 spiro atoms. The van der Waals surface area contributed by atoms with Crippen LogP contribution in [0.25, 0.3) is 32.3 Å². The largest absolute Gasteiger partial charge is 0.205 e. The van der Waals surface area contributed by atoms with Crippen molar-refractivity contribution < 1.29 is 4.57 Å². The Balaban J connectivity index is 2.34. The SMILES string of the molecule is Cc1c2ccc3ccc4ccccc4c3c2cc[n+]1C. The standard InChI is InChI=1S/C19H16N/c1-13-16-10-9-15-8-7-14-5-3-4-6-17(14)19(15)18(16)11-12-20(13)2/h3-12H,1-2H3/q+1. The van der Waals surface area contributed by atoms with Crippen LogP contribution in [0.4, 0.5) is 0 Å². The molecule has 0 aliphatic carbocycles. The molecule has 0 bridgehead atoms. The van der Waals surface area contributed by atoms with Gasteiger partial charge in [0.15, 0.2) is 11.9 Å². The Hall–Kier alpha value is -2.41. The van der Waals surface area contributed by atoms with Crippen molar-refractivity contribution >= 4 is 32.3 Å². The second-order valence-electron chi connectivity index (χ2n) is 5.42. The lowest BCUT2D eigenvalue weighted by Crippen LogP contribution is -2.31. The maximum absolute atomic E-state index is 2.24. The second-order valence-corrected chi connectivity index (χ2v) is 5.42. The number of hydrogen-bond acceptors (Lipinski definition) is 0. The van der Waals surface area contributed by atoms with Crippen LogP contribution in [0.1, 0.15) is 5.69 Å². The first-order chi connectivity index (χ1) is 9.75. The molecule has 0 unspecified atom stereocenters. The second kappa shape index (κ2) is 4.04. The van der Waals surface area contributed by atoms with Gasteiger partial charge in [-0.3, -0.25) is 0 Å². The maximum atomic E-state index is 2.24. The van der Waals surface area contributed by atoms with Crippen molar-refractivity contribution in [1.29, 1.82) is 0 Å². The van der Waals surface area contributed by atoms with Crippen LogP contribution in [0.15, 0.2) is 60.8 Å². The predicted molar refractivity (Wildman–Crippen MR) is 84.9 cm³/mol. The lowest BCUT2D eigenvalue weighted by molar-refractivity contribution is -0.676. The fraction of sp³-hybridized carbons (Fsp3) is 0.105. The highest BCUT2D eigenvalue weighted by atomic mass is 14.9. The van der Waals surface area contributed by atoms with E-state index in [2.05, 4.69) is 79.3 Å². The monoisotopic (exact) mass is 258 g/mol. The number of aryl methyl sites for hydroxylation is 2. The van der Waals surface area contributed by atoms with Gasteiger partial charge in [-0.15, -0.1) is 0 Å². The quantitative estimate of drug-likeness (QED) is 0.327. The molecule has 1 aromatic heterocycles. The first-order valence-corrected chi connectivity index (χ1v) is 6.95. The van der Waals surface area contributed by atoms with Crippen LogP contribution >= 0.6 is 0 Å². The summed E-state index contributed by atoms with van der Waals surface area (Å²) in [4.78, 5) is 0. The van der Waals surface area contributed by atoms with E-state index < -0.39 is 0 Å². The van der Waals surface area contributed by atoms with Gasteiger partial charge in [-0.2, -0.15) is 0 Å². The number of benzene rings is 3. The zero-order chi connectivity index (χ0) is 13.7. The number of nitrogens with zero attached hydrogens (tertiary/aromatic N) is 1. The Kier molecular flexibility index (Phi) is 2.31. The molecule has 1 nitrogen and oxygen atoms in total. The van der Waals surface area contributed by atoms with E-state index in [1.54, 1.807) is 0 Å². The molecule has 1 heteroatoms. The van der Waals surface area contributed by atoms with Crippen molar-refractivity contribution in [3.05, 3.63) is 66.5 Å². The summed E-state index contributed by atoms with van der Waals surface area (Å²) in [5, 5.41) is 7.99. The number of rotatable bonds is 0. The average molecular weight is 258 g/mol. The molecule has 0 saturated carbocycles. The van der Waals surface area contributed by atoms with Gasteiger partial charge in [0.2, 0.25) is 0 Å². The van der Waals surface area contributed by atoms with Gasteiger partial charge in [0.1, 0.15) is 7.05 Å². The van der Waals surface area contributed by atoms with Gasteiger partial charge in [0, 0.05) is 23.8 Å². The molecule has 1 heterocycles. The van der Waals surface area contributed by atoms with Crippen molar-refractivity contribution in [2.75, 3.05) is 0 Å². The highest BCUT2D eigenvalue weighted by Gasteiger charge is 2.11. The summed E-state index contributed by atoms with van der Waals surface area (Å²) < 4.78 is 2.18. The van der Waals surface area contributed by atoms with Gasteiger partial charge in [-0.05, 0) is 27.6 Å². The Morgan fingerprint density at radius 1 is 0.700 bits per heavy atom. The highest BCUT2D eigenvalue weighted by molar-refractivity contribution is 6.20. The molecule has 0 N–H and O–H groups in total. The molecule has 0 saturated heterocycles. The minimum absolute atomic E-state index is 1.30. The fourth-order valence-electron chi connectivity index (χ4n) is 3.10. The summed E-state index contributed by atoms with van der Waals surface area (Å²) >= 11 is 0. The molecule has 3 aromatic carbocycles. The Morgan fingerprint density at radius 2 is 1.45 bits per heavy atom. The van der Waals surface area contributed by atoms with Gasteiger partial charge in [0.05, 0.1) is 0 Å². The summed E-state index contributed by atoms with van der Waals surface area (Å²) in [6, 6.07) is 19.8. The van der Waals surface area contributed by atoms with E-state index in [1.807, 2.05) is 0 Å². The molecule has 0 amide bonds. The van der Waals surface area contributed by atoms with E-state index in [0.717, 1.165) is 0 Å². The first kappa shape index (κ1) is 11.4. The van der Waals surface area contributed by atoms with Crippen molar-refractivity contribution in [3.63, 3.8) is 0 Å². The van der Waals surface area contributed by atoms with Crippen LogP contribution in [0.3, 0.4) is 0 Å². The molecule has 20 heavy (non-hydrogen) atoms. The normalized spacial score (nSPS) is 11.5. The van der Waals surface area contributed by atoms with Crippen molar-refractivity contribution in [2.24, 2.45) is 7.05 Å². The van der Waals surface area contributed by atoms with E-state index in [-0.39, 0.29) is 0 Å². The zero-order valence-corrected chi connectivity index (χ0v) is 11.7. The molecule has 0 aliphatic heterocycles. The van der Waals surface area contributed by atoms with Gasteiger partial charge in [-0.25, -0.2) is 4.57 Å². The van der Waals surface area contributed by atoms with Crippen LogP contribution in [0.2, 0.25) is 0 Å². The molecule has 4 aromatic rings. The number of pyridine rings is 1. The first-order valence-electron chi connectivity index (χ1n) is 6.95. The molecular weight excluding hydrogens is 242 g/mol. The molecule has 96 valence electrons. The Morgan fingerprint density at radius 3 is 2.35 bits per heavy atom. The third-order valence-corrected chi connectivity index (χ3v) is 4.33. The summed E-state index contributed by atoms with van der Waals surface area (Å²) in [7, 11) is 2.10. The Labute approximate surface area is 118 Å². The summed E-state index contributed by atoms with van der Waals surface area (Å²) in [5.41, 5.74) is 1.30. The van der Waals surface area contributed by atoms with Gasteiger partial charge >= 0.3 is 0 Å². The van der Waals surface area contributed by atoms with E-state index in [4.69, 9.17) is 0 Å². The molecule has 0 fully saturated rings.